The molecule has 0 spiro atoms. The van der Waals surface area contributed by atoms with Gasteiger partial charge in [-0.2, -0.15) is 5.26 Å². The van der Waals surface area contributed by atoms with E-state index in [1.54, 1.807) is 0 Å². The molecule has 2 rings (SSSR count). The number of benzene rings is 1. The lowest BCUT2D eigenvalue weighted by molar-refractivity contribution is 0.368. The first-order valence-corrected chi connectivity index (χ1v) is 5.63. The van der Waals surface area contributed by atoms with Crippen molar-refractivity contribution in [2.75, 3.05) is 13.7 Å². The highest BCUT2D eigenvalue weighted by Gasteiger charge is 2.11. The fourth-order valence-electron chi connectivity index (χ4n) is 1.76. The summed E-state index contributed by atoms with van der Waals surface area (Å²) in [5.41, 5.74) is 3.14. The SMILES string of the molecule is C=C1C=CC=C(c2ccc(OCC#N)cc2)N1C. The summed E-state index contributed by atoms with van der Waals surface area (Å²) < 4.78 is 5.22. The van der Waals surface area contributed by atoms with Crippen molar-refractivity contribution in [1.29, 1.82) is 5.26 Å². The van der Waals surface area contributed by atoms with Gasteiger partial charge >= 0.3 is 0 Å². The summed E-state index contributed by atoms with van der Waals surface area (Å²) in [6, 6.07) is 9.62. The van der Waals surface area contributed by atoms with Crippen LogP contribution >= 0.6 is 0 Å². The summed E-state index contributed by atoms with van der Waals surface area (Å²) in [6.45, 7) is 4.04. The van der Waals surface area contributed by atoms with Gasteiger partial charge in [0.2, 0.25) is 0 Å². The second kappa shape index (κ2) is 5.24. The minimum Gasteiger partial charge on any atom is -0.479 e. The molecule has 1 aromatic carbocycles. The summed E-state index contributed by atoms with van der Waals surface area (Å²) in [6.07, 6.45) is 5.99. The lowest BCUT2D eigenvalue weighted by Crippen LogP contribution is -2.16. The molecule has 0 aliphatic carbocycles. The summed E-state index contributed by atoms with van der Waals surface area (Å²) in [5, 5.41) is 8.44. The molecule has 18 heavy (non-hydrogen) atoms. The van der Waals surface area contributed by atoms with Crippen molar-refractivity contribution in [3.05, 3.63) is 60.3 Å². The molecule has 0 unspecified atom stereocenters. The zero-order chi connectivity index (χ0) is 13.0. The predicted molar refractivity (Wildman–Crippen MR) is 71.6 cm³/mol. The third-order valence-corrected chi connectivity index (χ3v) is 2.79. The molecule has 0 aromatic heterocycles. The summed E-state index contributed by atoms with van der Waals surface area (Å²) >= 11 is 0. The number of hydrogen-bond donors (Lipinski definition) is 0. The van der Waals surface area contributed by atoms with Crippen molar-refractivity contribution in [2.45, 2.75) is 0 Å². The second-order valence-corrected chi connectivity index (χ2v) is 3.93. The molecule has 1 aliphatic rings. The quantitative estimate of drug-likeness (QED) is 0.812. The third kappa shape index (κ3) is 2.44. The fraction of sp³-hybridized carbons (Fsp3) is 0.133. The second-order valence-electron chi connectivity index (χ2n) is 3.93. The zero-order valence-electron chi connectivity index (χ0n) is 10.3. The lowest BCUT2D eigenvalue weighted by atomic mass is 10.1. The number of nitriles is 1. The van der Waals surface area contributed by atoms with Gasteiger partial charge in [0.25, 0.3) is 0 Å². The Kier molecular flexibility index (Phi) is 3.49. The molecule has 0 fully saturated rings. The molecule has 0 amide bonds. The highest BCUT2D eigenvalue weighted by Crippen LogP contribution is 2.26. The molecule has 0 atom stereocenters. The van der Waals surface area contributed by atoms with Gasteiger partial charge in [0.15, 0.2) is 6.61 Å². The van der Waals surface area contributed by atoms with Gasteiger partial charge in [-0.25, -0.2) is 0 Å². The number of rotatable bonds is 3. The average molecular weight is 238 g/mol. The monoisotopic (exact) mass is 238 g/mol. The van der Waals surface area contributed by atoms with Crippen LogP contribution in [-0.4, -0.2) is 18.6 Å². The van der Waals surface area contributed by atoms with Crippen LogP contribution in [0.5, 0.6) is 5.75 Å². The largest absolute Gasteiger partial charge is 0.479 e. The van der Waals surface area contributed by atoms with Crippen molar-refractivity contribution in [3.63, 3.8) is 0 Å². The van der Waals surface area contributed by atoms with E-state index in [4.69, 9.17) is 10.00 Å². The van der Waals surface area contributed by atoms with Crippen LogP contribution in [0.1, 0.15) is 5.56 Å². The van der Waals surface area contributed by atoms with E-state index in [0.717, 1.165) is 17.0 Å². The maximum atomic E-state index is 8.44. The fourth-order valence-corrected chi connectivity index (χ4v) is 1.76. The van der Waals surface area contributed by atoms with Gasteiger partial charge in [0.05, 0.1) is 0 Å². The predicted octanol–water partition coefficient (Wildman–Crippen LogP) is 2.95. The first-order chi connectivity index (χ1) is 8.72. The smallest absolute Gasteiger partial charge is 0.174 e. The van der Waals surface area contributed by atoms with E-state index in [1.807, 2.05) is 60.5 Å². The van der Waals surface area contributed by atoms with Gasteiger partial charge in [-0.3, -0.25) is 0 Å². The molecular formula is C15H14N2O. The molecular weight excluding hydrogens is 224 g/mol. The Bertz CT molecular complexity index is 547. The van der Waals surface area contributed by atoms with Crippen LogP contribution in [0.2, 0.25) is 0 Å². The zero-order valence-corrected chi connectivity index (χ0v) is 10.3. The van der Waals surface area contributed by atoms with Gasteiger partial charge in [-0.1, -0.05) is 12.7 Å². The normalized spacial score (nSPS) is 14.1. The molecule has 0 radical (unpaired) electrons. The molecule has 1 aliphatic heterocycles. The van der Waals surface area contributed by atoms with Crippen LogP contribution in [0.15, 0.2) is 54.8 Å². The van der Waals surface area contributed by atoms with Crippen LogP contribution in [0.4, 0.5) is 0 Å². The number of allylic oxidation sites excluding steroid dienone is 3. The Morgan fingerprint density at radius 2 is 2.06 bits per heavy atom. The van der Waals surface area contributed by atoms with Gasteiger partial charge in [-0.15, -0.1) is 0 Å². The van der Waals surface area contributed by atoms with Crippen LogP contribution in [0, 0.1) is 11.3 Å². The number of ether oxygens (including phenoxy) is 1. The molecule has 1 aromatic rings. The van der Waals surface area contributed by atoms with E-state index in [-0.39, 0.29) is 6.61 Å². The van der Waals surface area contributed by atoms with E-state index in [2.05, 4.69) is 6.58 Å². The Balaban J connectivity index is 2.20. The maximum Gasteiger partial charge on any atom is 0.174 e. The van der Waals surface area contributed by atoms with Crippen LogP contribution in [0.3, 0.4) is 0 Å². The first kappa shape index (κ1) is 12.0. The van der Waals surface area contributed by atoms with E-state index >= 15 is 0 Å². The number of nitrogens with zero attached hydrogens (tertiary/aromatic N) is 2. The van der Waals surface area contributed by atoms with E-state index in [9.17, 15) is 0 Å². The molecule has 0 saturated carbocycles. The topological polar surface area (TPSA) is 36.3 Å². The molecule has 90 valence electrons. The number of hydrogen-bond acceptors (Lipinski definition) is 3. The maximum absolute atomic E-state index is 8.44. The molecule has 0 bridgehead atoms. The highest BCUT2D eigenvalue weighted by atomic mass is 16.5. The molecule has 1 heterocycles. The minimum absolute atomic E-state index is 0.0709. The van der Waals surface area contributed by atoms with Crippen molar-refractivity contribution in [1.82, 2.24) is 4.90 Å². The van der Waals surface area contributed by atoms with Gasteiger partial charge < -0.3 is 9.64 Å². The van der Waals surface area contributed by atoms with Crippen molar-refractivity contribution < 1.29 is 4.74 Å². The molecule has 3 nitrogen and oxygen atoms in total. The highest BCUT2D eigenvalue weighted by molar-refractivity contribution is 5.69. The van der Waals surface area contributed by atoms with E-state index < -0.39 is 0 Å². The van der Waals surface area contributed by atoms with Crippen LogP contribution < -0.4 is 4.74 Å². The van der Waals surface area contributed by atoms with Crippen molar-refractivity contribution >= 4 is 5.70 Å². The summed E-state index contributed by atoms with van der Waals surface area (Å²) in [4.78, 5) is 2.03. The Morgan fingerprint density at radius 3 is 2.72 bits per heavy atom. The Morgan fingerprint density at radius 1 is 1.33 bits per heavy atom. The lowest BCUT2D eigenvalue weighted by Gasteiger charge is -2.25. The average Bonchev–Trinajstić information content (AvgIpc) is 2.40. The first-order valence-electron chi connectivity index (χ1n) is 5.63. The van der Waals surface area contributed by atoms with Gasteiger partial charge in [-0.05, 0) is 42.0 Å². The van der Waals surface area contributed by atoms with E-state index in [1.165, 1.54) is 0 Å². The van der Waals surface area contributed by atoms with Crippen LogP contribution in [-0.2, 0) is 0 Å². The molecule has 0 N–H and O–H groups in total. The summed E-state index contributed by atoms with van der Waals surface area (Å²) in [5.74, 6) is 0.703. The van der Waals surface area contributed by atoms with Crippen LogP contribution in [0.25, 0.3) is 5.70 Å². The minimum atomic E-state index is 0.0709. The number of likely N-dealkylation sites (N-methyl/N-ethyl adjacent to an activating group) is 1. The molecule has 0 saturated heterocycles. The van der Waals surface area contributed by atoms with Gasteiger partial charge in [0, 0.05) is 18.4 Å². The van der Waals surface area contributed by atoms with Crippen molar-refractivity contribution in [2.24, 2.45) is 0 Å². The van der Waals surface area contributed by atoms with Gasteiger partial charge in [0.1, 0.15) is 11.8 Å². The summed E-state index contributed by atoms with van der Waals surface area (Å²) in [7, 11) is 1.98. The van der Waals surface area contributed by atoms with E-state index in [0.29, 0.717) is 5.75 Å². The standard InChI is InChI=1S/C15H14N2O/c1-12-4-3-5-15(17(12)2)13-6-8-14(9-7-13)18-11-10-16/h3-9H,1,11H2,2H3. The third-order valence-electron chi connectivity index (χ3n) is 2.79. The molecule has 3 heteroatoms. The van der Waals surface area contributed by atoms with Crippen molar-refractivity contribution in [3.8, 4) is 11.8 Å². The Labute approximate surface area is 107 Å². The Hall–Kier alpha value is -2.47.